The quantitative estimate of drug-likeness (QED) is 0.806. The molecule has 1 rings (SSSR count). The van der Waals surface area contributed by atoms with Crippen LogP contribution in [-0.2, 0) is 0 Å². The van der Waals surface area contributed by atoms with Gasteiger partial charge in [0.2, 0.25) is 0 Å². The minimum Gasteiger partial charge on any atom is -0.483 e. The van der Waals surface area contributed by atoms with Crippen molar-refractivity contribution in [2.24, 2.45) is 5.73 Å². The van der Waals surface area contributed by atoms with E-state index in [1.807, 2.05) is 6.92 Å². The van der Waals surface area contributed by atoms with Gasteiger partial charge in [0, 0.05) is 12.1 Å². The maximum atomic E-state index is 13.2. The molecule has 0 aliphatic heterocycles. The summed E-state index contributed by atoms with van der Waals surface area (Å²) in [5, 5.41) is 9.03. The molecule has 0 saturated heterocycles. The third-order valence-electron chi connectivity index (χ3n) is 2.30. The number of aliphatic hydroxyl groups excluding tert-OH is 1. The van der Waals surface area contributed by atoms with E-state index in [0.717, 1.165) is 12.1 Å². The van der Waals surface area contributed by atoms with E-state index in [2.05, 4.69) is 0 Å². The molecule has 0 heterocycles. The van der Waals surface area contributed by atoms with Crippen molar-refractivity contribution in [3.05, 3.63) is 29.8 Å². The first kappa shape index (κ1) is 12.9. The third kappa shape index (κ3) is 3.15. The molecule has 1 aromatic carbocycles. The number of benzene rings is 1. The highest BCUT2D eigenvalue weighted by Gasteiger charge is 2.18. The van der Waals surface area contributed by atoms with Gasteiger partial charge in [0.15, 0.2) is 11.6 Å². The minimum absolute atomic E-state index is 0.107. The van der Waals surface area contributed by atoms with E-state index in [9.17, 15) is 8.78 Å². The molecule has 1 aromatic rings. The lowest BCUT2D eigenvalue weighted by Crippen LogP contribution is -2.41. The van der Waals surface area contributed by atoms with Crippen molar-refractivity contribution in [3.63, 3.8) is 0 Å². The first-order valence-corrected chi connectivity index (χ1v) is 5.06. The van der Waals surface area contributed by atoms with Crippen molar-refractivity contribution in [2.45, 2.75) is 25.5 Å². The predicted molar refractivity (Wildman–Crippen MR) is 56.1 cm³/mol. The molecule has 2 unspecified atom stereocenters. The number of rotatable bonds is 5. The summed E-state index contributed by atoms with van der Waals surface area (Å²) in [6.45, 7) is 1.52. The minimum atomic E-state index is -0.804. The molecule has 16 heavy (non-hydrogen) atoms. The summed E-state index contributed by atoms with van der Waals surface area (Å²) >= 11 is 0. The van der Waals surface area contributed by atoms with Crippen LogP contribution in [0.25, 0.3) is 0 Å². The van der Waals surface area contributed by atoms with E-state index in [4.69, 9.17) is 15.6 Å². The number of hydrogen-bond donors (Lipinski definition) is 2. The molecule has 5 heteroatoms. The van der Waals surface area contributed by atoms with Crippen LogP contribution in [0.4, 0.5) is 8.78 Å². The standard InChI is InChI=1S/C11H15F2NO2/c1-2-9(14)11(6-15)16-10-4-3-7(12)5-8(10)13/h3-5,9,11,15H,2,6,14H2,1H3. The lowest BCUT2D eigenvalue weighted by molar-refractivity contribution is 0.0895. The highest BCUT2D eigenvalue weighted by atomic mass is 19.1. The molecule has 0 saturated carbocycles. The first-order chi connectivity index (χ1) is 7.58. The second-order valence-corrected chi connectivity index (χ2v) is 3.49. The Bertz CT molecular complexity index is 347. The van der Waals surface area contributed by atoms with Crippen molar-refractivity contribution in [1.82, 2.24) is 0 Å². The molecule has 0 radical (unpaired) electrons. The molecule has 3 nitrogen and oxygen atoms in total. The van der Waals surface area contributed by atoms with Crippen LogP contribution in [0.3, 0.4) is 0 Å². The summed E-state index contributed by atoms with van der Waals surface area (Å²) < 4.78 is 31.0. The Balaban J connectivity index is 2.78. The molecule has 90 valence electrons. The van der Waals surface area contributed by atoms with Crippen LogP contribution in [0.1, 0.15) is 13.3 Å². The molecular formula is C11H15F2NO2. The maximum absolute atomic E-state index is 13.2. The van der Waals surface area contributed by atoms with E-state index in [0.29, 0.717) is 6.42 Å². The summed E-state index contributed by atoms with van der Waals surface area (Å²) in [4.78, 5) is 0. The predicted octanol–water partition coefficient (Wildman–Crippen LogP) is 1.44. The van der Waals surface area contributed by atoms with Gasteiger partial charge < -0.3 is 15.6 Å². The fourth-order valence-electron chi connectivity index (χ4n) is 1.26. The van der Waals surface area contributed by atoms with E-state index >= 15 is 0 Å². The molecular weight excluding hydrogens is 216 g/mol. The molecule has 0 amide bonds. The Labute approximate surface area is 92.8 Å². The summed E-state index contributed by atoms with van der Waals surface area (Å²) in [6, 6.07) is 2.59. The fraction of sp³-hybridized carbons (Fsp3) is 0.455. The third-order valence-corrected chi connectivity index (χ3v) is 2.30. The Morgan fingerprint density at radius 3 is 2.62 bits per heavy atom. The summed E-state index contributed by atoms with van der Waals surface area (Å²) in [5.74, 6) is -1.59. The Morgan fingerprint density at radius 2 is 2.12 bits per heavy atom. The normalized spacial score (nSPS) is 14.6. The summed E-state index contributed by atoms with van der Waals surface area (Å²) in [7, 11) is 0. The molecule has 2 atom stereocenters. The smallest absolute Gasteiger partial charge is 0.167 e. The molecule has 3 N–H and O–H groups in total. The van der Waals surface area contributed by atoms with Crippen molar-refractivity contribution in [3.8, 4) is 5.75 Å². The Morgan fingerprint density at radius 1 is 1.44 bits per heavy atom. The highest BCUT2D eigenvalue weighted by molar-refractivity contribution is 5.25. The number of nitrogens with two attached hydrogens (primary N) is 1. The zero-order chi connectivity index (χ0) is 12.1. The van der Waals surface area contributed by atoms with Gasteiger partial charge in [0.25, 0.3) is 0 Å². The molecule has 0 aliphatic carbocycles. The van der Waals surface area contributed by atoms with Crippen LogP contribution in [0.5, 0.6) is 5.75 Å². The van der Waals surface area contributed by atoms with Crippen LogP contribution in [0.15, 0.2) is 18.2 Å². The van der Waals surface area contributed by atoms with Crippen LogP contribution in [0, 0.1) is 11.6 Å². The van der Waals surface area contributed by atoms with Crippen molar-refractivity contribution in [2.75, 3.05) is 6.61 Å². The zero-order valence-electron chi connectivity index (χ0n) is 8.99. The van der Waals surface area contributed by atoms with Crippen molar-refractivity contribution in [1.29, 1.82) is 0 Å². The second-order valence-electron chi connectivity index (χ2n) is 3.49. The lowest BCUT2D eigenvalue weighted by Gasteiger charge is -2.22. The van der Waals surface area contributed by atoms with Crippen molar-refractivity contribution < 1.29 is 18.6 Å². The average molecular weight is 231 g/mol. The van der Waals surface area contributed by atoms with Crippen LogP contribution < -0.4 is 10.5 Å². The first-order valence-electron chi connectivity index (χ1n) is 5.06. The van der Waals surface area contributed by atoms with Gasteiger partial charge in [0.1, 0.15) is 11.9 Å². The van der Waals surface area contributed by atoms with E-state index in [-0.39, 0.29) is 12.4 Å². The van der Waals surface area contributed by atoms with Gasteiger partial charge in [-0.15, -0.1) is 0 Å². The molecule has 0 aliphatic rings. The number of halogens is 2. The average Bonchev–Trinajstić information content (AvgIpc) is 2.27. The molecule has 0 spiro atoms. The number of ether oxygens (including phenoxy) is 1. The number of aliphatic hydroxyl groups is 1. The van der Waals surface area contributed by atoms with Gasteiger partial charge in [-0.05, 0) is 18.6 Å². The van der Waals surface area contributed by atoms with Gasteiger partial charge in [-0.1, -0.05) is 6.92 Å². The molecule has 0 fully saturated rings. The van der Waals surface area contributed by atoms with E-state index < -0.39 is 23.8 Å². The Kier molecular flexibility index (Phi) is 4.64. The van der Waals surface area contributed by atoms with Gasteiger partial charge in [-0.2, -0.15) is 0 Å². The maximum Gasteiger partial charge on any atom is 0.167 e. The molecule has 0 bridgehead atoms. The highest BCUT2D eigenvalue weighted by Crippen LogP contribution is 2.19. The topological polar surface area (TPSA) is 55.5 Å². The van der Waals surface area contributed by atoms with Crippen molar-refractivity contribution >= 4 is 0 Å². The van der Waals surface area contributed by atoms with Crippen LogP contribution >= 0.6 is 0 Å². The zero-order valence-corrected chi connectivity index (χ0v) is 8.99. The second kappa shape index (κ2) is 5.77. The Hall–Kier alpha value is -1.20. The summed E-state index contributed by atoms with van der Waals surface area (Å²) in [5.41, 5.74) is 5.67. The largest absolute Gasteiger partial charge is 0.483 e. The fourth-order valence-corrected chi connectivity index (χ4v) is 1.26. The lowest BCUT2D eigenvalue weighted by atomic mass is 10.1. The van der Waals surface area contributed by atoms with Gasteiger partial charge in [-0.3, -0.25) is 0 Å². The van der Waals surface area contributed by atoms with Gasteiger partial charge in [-0.25, -0.2) is 8.78 Å². The molecule has 0 aromatic heterocycles. The van der Waals surface area contributed by atoms with Gasteiger partial charge in [0.05, 0.1) is 6.61 Å². The van der Waals surface area contributed by atoms with E-state index in [1.165, 1.54) is 6.07 Å². The van der Waals surface area contributed by atoms with E-state index in [1.54, 1.807) is 0 Å². The van der Waals surface area contributed by atoms with Crippen LogP contribution in [-0.4, -0.2) is 23.9 Å². The summed E-state index contributed by atoms with van der Waals surface area (Å²) in [6.07, 6.45) is -0.0985. The van der Waals surface area contributed by atoms with Gasteiger partial charge >= 0.3 is 0 Å². The monoisotopic (exact) mass is 231 g/mol. The van der Waals surface area contributed by atoms with Crippen LogP contribution in [0.2, 0.25) is 0 Å². The SMILES string of the molecule is CCC(N)C(CO)Oc1ccc(F)cc1F. The number of hydrogen-bond acceptors (Lipinski definition) is 3.